The molecular formula is C15H14Br2FN. The summed E-state index contributed by atoms with van der Waals surface area (Å²) in [6.45, 7) is 2.08. The molecule has 0 bridgehead atoms. The van der Waals surface area contributed by atoms with Crippen LogP contribution in [0.25, 0.3) is 0 Å². The molecule has 0 aromatic heterocycles. The summed E-state index contributed by atoms with van der Waals surface area (Å²) in [5.74, 6) is -0.237. The minimum Gasteiger partial charge on any atom is -0.376 e. The van der Waals surface area contributed by atoms with E-state index in [-0.39, 0.29) is 11.9 Å². The van der Waals surface area contributed by atoms with Crippen molar-refractivity contribution >= 4 is 37.5 Å². The monoisotopic (exact) mass is 385 g/mol. The van der Waals surface area contributed by atoms with Crippen LogP contribution >= 0.6 is 31.9 Å². The lowest BCUT2D eigenvalue weighted by molar-refractivity contribution is 0.623. The third-order valence-corrected chi connectivity index (χ3v) is 3.96. The second kappa shape index (κ2) is 6.53. The predicted molar refractivity (Wildman–Crippen MR) is 84.9 cm³/mol. The van der Waals surface area contributed by atoms with Gasteiger partial charge in [0.25, 0.3) is 0 Å². The highest BCUT2D eigenvalue weighted by Crippen LogP contribution is 2.27. The average molecular weight is 387 g/mol. The van der Waals surface area contributed by atoms with Gasteiger partial charge in [0.05, 0.1) is 11.7 Å². The van der Waals surface area contributed by atoms with Crippen LogP contribution in [0.1, 0.15) is 24.9 Å². The van der Waals surface area contributed by atoms with E-state index in [2.05, 4.69) is 44.1 Å². The number of halogens is 3. The Morgan fingerprint density at radius 2 is 1.68 bits per heavy atom. The number of hydrogen-bond donors (Lipinski definition) is 1. The molecule has 0 spiro atoms. The molecule has 2 rings (SSSR count). The van der Waals surface area contributed by atoms with Crippen LogP contribution in [0, 0.1) is 5.82 Å². The van der Waals surface area contributed by atoms with E-state index in [4.69, 9.17) is 0 Å². The zero-order valence-corrected chi connectivity index (χ0v) is 13.6. The van der Waals surface area contributed by atoms with Crippen molar-refractivity contribution < 1.29 is 4.39 Å². The first-order chi connectivity index (χ1) is 9.10. The number of benzene rings is 2. The lowest BCUT2D eigenvalue weighted by Crippen LogP contribution is -2.10. The highest BCUT2D eigenvalue weighted by molar-refractivity contribution is 9.10. The van der Waals surface area contributed by atoms with E-state index in [9.17, 15) is 4.39 Å². The Kier molecular flexibility index (Phi) is 4.99. The predicted octanol–water partition coefficient (Wildman–Crippen LogP) is 5.91. The molecule has 2 aromatic carbocycles. The fraction of sp³-hybridized carbons (Fsp3) is 0.200. The van der Waals surface area contributed by atoms with E-state index >= 15 is 0 Å². The number of rotatable bonds is 4. The Labute approximate surface area is 129 Å². The van der Waals surface area contributed by atoms with Crippen LogP contribution in [-0.4, -0.2) is 0 Å². The molecule has 1 unspecified atom stereocenters. The van der Waals surface area contributed by atoms with Gasteiger partial charge in [0, 0.05) is 8.95 Å². The summed E-state index contributed by atoms with van der Waals surface area (Å²) >= 11 is 6.78. The molecule has 0 aliphatic rings. The average Bonchev–Trinajstić information content (AvgIpc) is 2.41. The molecule has 0 heterocycles. The first kappa shape index (κ1) is 14.5. The molecule has 0 aliphatic heterocycles. The van der Waals surface area contributed by atoms with Gasteiger partial charge in [-0.1, -0.05) is 50.9 Å². The topological polar surface area (TPSA) is 12.0 Å². The zero-order valence-electron chi connectivity index (χ0n) is 10.5. The van der Waals surface area contributed by atoms with Crippen molar-refractivity contribution in [3.63, 3.8) is 0 Å². The van der Waals surface area contributed by atoms with Crippen LogP contribution in [0.3, 0.4) is 0 Å². The van der Waals surface area contributed by atoms with Gasteiger partial charge in [-0.05, 0) is 42.3 Å². The van der Waals surface area contributed by atoms with Crippen molar-refractivity contribution in [2.24, 2.45) is 0 Å². The van der Waals surface area contributed by atoms with Gasteiger partial charge in [0.2, 0.25) is 0 Å². The van der Waals surface area contributed by atoms with Crippen molar-refractivity contribution in [1.29, 1.82) is 0 Å². The standard InChI is InChI=1S/C15H14Br2FN/c1-2-14(10-3-5-11(16)6-4-10)19-15-9-12(17)7-8-13(15)18/h3-9,14,19H,2H2,1H3. The molecule has 0 amide bonds. The summed E-state index contributed by atoms with van der Waals surface area (Å²) in [6.07, 6.45) is 0.883. The highest BCUT2D eigenvalue weighted by Gasteiger charge is 2.11. The molecule has 0 saturated heterocycles. The number of nitrogens with one attached hydrogen (secondary N) is 1. The lowest BCUT2D eigenvalue weighted by Gasteiger charge is -2.19. The van der Waals surface area contributed by atoms with E-state index in [1.807, 2.05) is 24.3 Å². The summed E-state index contributed by atoms with van der Waals surface area (Å²) in [5.41, 5.74) is 1.66. The smallest absolute Gasteiger partial charge is 0.146 e. The van der Waals surface area contributed by atoms with Crippen molar-refractivity contribution in [2.45, 2.75) is 19.4 Å². The number of hydrogen-bond acceptors (Lipinski definition) is 1. The highest BCUT2D eigenvalue weighted by atomic mass is 79.9. The zero-order chi connectivity index (χ0) is 13.8. The maximum atomic E-state index is 13.8. The summed E-state index contributed by atoms with van der Waals surface area (Å²) in [4.78, 5) is 0. The second-order valence-corrected chi connectivity index (χ2v) is 6.11. The summed E-state index contributed by atoms with van der Waals surface area (Å²) in [7, 11) is 0. The molecule has 1 atom stereocenters. The van der Waals surface area contributed by atoms with E-state index in [0.717, 1.165) is 20.9 Å². The van der Waals surface area contributed by atoms with Crippen molar-refractivity contribution in [1.82, 2.24) is 0 Å². The van der Waals surface area contributed by atoms with Crippen molar-refractivity contribution in [3.8, 4) is 0 Å². The summed E-state index contributed by atoms with van der Waals surface area (Å²) in [5, 5.41) is 3.25. The van der Waals surface area contributed by atoms with Gasteiger partial charge in [0.15, 0.2) is 0 Å². The Balaban J connectivity index is 2.23. The Bertz CT molecular complexity index is 555. The third kappa shape index (κ3) is 3.80. The Morgan fingerprint density at radius 3 is 2.32 bits per heavy atom. The van der Waals surface area contributed by atoms with Gasteiger partial charge >= 0.3 is 0 Å². The van der Waals surface area contributed by atoms with E-state index in [0.29, 0.717) is 5.69 Å². The molecular weight excluding hydrogens is 373 g/mol. The summed E-state index contributed by atoms with van der Waals surface area (Å²) < 4.78 is 15.7. The molecule has 0 saturated carbocycles. The van der Waals surface area contributed by atoms with E-state index in [1.165, 1.54) is 6.07 Å². The molecule has 4 heteroatoms. The third-order valence-electron chi connectivity index (χ3n) is 2.94. The molecule has 100 valence electrons. The fourth-order valence-corrected chi connectivity index (χ4v) is 2.54. The fourth-order valence-electron chi connectivity index (χ4n) is 1.91. The van der Waals surface area contributed by atoms with Crippen molar-refractivity contribution in [3.05, 3.63) is 62.8 Å². The van der Waals surface area contributed by atoms with Gasteiger partial charge in [-0.15, -0.1) is 0 Å². The van der Waals surface area contributed by atoms with E-state index < -0.39 is 0 Å². The SMILES string of the molecule is CCC(Nc1cc(Br)ccc1F)c1ccc(Br)cc1. The first-order valence-corrected chi connectivity index (χ1v) is 7.66. The normalized spacial score (nSPS) is 12.2. The molecule has 1 nitrogen and oxygen atoms in total. The minimum absolute atomic E-state index is 0.0944. The second-order valence-electron chi connectivity index (χ2n) is 4.28. The number of anilines is 1. The van der Waals surface area contributed by atoms with Gasteiger partial charge in [0.1, 0.15) is 5.82 Å². The van der Waals surface area contributed by atoms with Crippen LogP contribution in [0.4, 0.5) is 10.1 Å². The van der Waals surface area contributed by atoms with Gasteiger partial charge in [-0.3, -0.25) is 0 Å². The van der Waals surface area contributed by atoms with Crippen LogP contribution in [0.2, 0.25) is 0 Å². The Hall–Kier alpha value is -0.870. The minimum atomic E-state index is -0.237. The van der Waals surface area contributed by atoms with Crippen LogP contribution < -0.4 is 5.32 Å². The van der Waals surface area contributed by atoms with E-state index in [1.54, 1.807) is 12.1 Å². The van der Waals surface area contributed by atoms with Crippen LogP contribution in [0.5, 0.6) is 0 Å². The largest absolute Gasteiger partial charge is 0.376 e. The summed E-state index contributed by atoms with van der Waals surface area (Å²) in [6, 6.07) is 13.1. The van der Waals surface area contributed by atoms with Gasteiger partial charge in [-0.2, -0.15) is 0 Å². The van der Waals surface area contributed by atoms with Crippen LogP contribution in [0.15, 0.2) is 51.4 Å². The molecule has 2 aromatic rings. The lowest BCUT2D eigenvalue weighted by atomic mass is 10.0. The maximum Gasteiger partial charge on any atom is 0.146 e. The molecule has 0 radical (unpaired) electrons. The molecule has 0 fully saturated rings. The molecule has 19 heavy (non-hydrogen) atoms. The maximum absolute atomic E-state index is 13.8. The van der Waals surface area contributed by atoms with Crippen LogP contribution in [-0.2, 0) is 0 Å². The molecule has 1 N–H and O–H groups in total. The first-order valence-electron chi connectivity index (χ1n) is 6.07. The van der Waals surface area contributed by atoms with Crippen molar-refractivity contribution in [2.75, 3.05) is 5.32 Å². The Morgan fingerprint density at radius 1 is 1.05 bits per heavy atom. The molecule has 0 aliphatic carbocycles. The van der Waals surface area contributed by atoms with Gasteiger partial charge < -0.3 is 5.32 Å². The quantitative estimate of drug-likeness (QED) is 0.688. The van der Waals surface area contributed by atoms with Gasteiger partial charge in [-0.25, -0.2) is 4.39 Å².